The molecule has 4 heterocycles. The Morgan fingerprint density at radius 2 is 2.11 bits per heavy atom. The maximum Gasteiger partial charge on any atom is 0.317 e. The van der Waals surface area contributed by atoms with Gasteiger partial charge in [-0.05, 0) is 44.4 Å². The minimum atomic E-state index is 0.0739. The summed E-state index contributed by atoms with van der Waals surface area (Å²) in [4.78, 5) is 21.2. The summed E-state index contributed by atoms with van der Waals surface area (Å²) in [5.41, 5.74) is 3.38. The van der Waals surface area contributed by atoms with E-state index in [9.17, 15) is 4.79 Å². The average molecular weight is 368 g/mol. The highest BCUT2D eigenvalue weighted by Gasteiger charge is 2.26. The van der Waals surface area contributed by atoms with Gasteiger partial charge in [0.1, 0.15) is 0 Å². The van der Waals surface area contributed by atoms with Crippen molar-refractivity contribution in [3.05, 3.63) is 47.5 Å². The molecule has 2 aromatic heterocycles. The number of hydrogen-bond donors (Lipinski definition) is 1. The van der Waals surface area contributed by atoms with Crippen LogP contribution in [0.2, 0.25) is 0 Å². The fourth-order valence-corrected chi connectivity index (χ4v) is 4.09. The number of carbonyl (C=O) groups excluding carboxylic acids is 1. The van der Waals surface area contributed by atoms with Crippen LogP contribution in [0, 0.1) is 6.92 Å². The molecule has 1 saturated heterocycles. The topological polar surface area (TPSA) is 66.3 Å². The number of rotatable bonds is 5. The zero-order valence-electron chi connectivity index (χ0n) is 16.0. The molecule has 144 valence electrons. The zero-order chi connectivity index (χ0) is 18.6. The number of carbonyl (C=O) groups is 1. The summed E-state index contributed by atoms with van der Waals surface area (Å²) in [5.74, 6) is 0. The van der Waals surface area contributed by atoms with Crippen LogP contribution in [-0.4, -0.2) is 56.8 Å². The van der Waals surface area contributed by atoms with Crippen LogP contribution < -0.4 is 5.32 Å². The van der Waals surface area contributed by atoms with E-state index in [1.807, 2.05) is 24.1 Å². The summed E-state index contributed by atoms with van der Waals surface area (Å²) in [7, 11) is 0. The van der Waals surface area contributed by atoms with Crippen molar-refractivity contribution < 1.29 is 4.79 Å². The number of nitrogens with one attached hydrogen (secondary N) is 1. The molecule has 0 bridgehead atoms. The largest absolute Gasteiger partial charge is 0.338 e. The number of aromatic nitrogens is 3. The molecule has 1 unspecified atom stereocenters. The van der Waals surface area contributed by atoms with Crippen LogP contribution in [0.5, 0.6) is 0 Å². The Kier molecular flexibility index (Phi) is 5.38. The predicted octanol–water partition coefficient (Wildman–Crippen LogP) is 2.34. The van der Waals surface area contributed by atoms with E-state index in [0.29, 0.717) is 6.54 Å². The summed E-state index contributed by atoms with van der Waals surface area (Å²) < 4.78 is 2.13. The van der Waals surface area contributed by atoms with E-state index in [2.05, 4.69) is 43.2 Å². The highest BCUT2D eigenvalue weighted by Crippen LogP contribution is 2.24. The van der Waals surface area contributed by atoms with Crippen LogP contribution in [-0.2, 0) is 13.1 Å². The number of hydrogen-bond acceptors (Lipinski definition) is 4. The van der Waals surface area contributed by atoms with Crippen LogP contribution in [0.3, 0.4) is 0 Å². The van der Waals surface area contributed by atoms with Gasteiger partial charge in [-0.2, -0.15) is 5.10 Å². The maximum absolute atomic E-state index is 12.2. The molecule has 2 amide bonds. The highest BCUT2D eigenvalue weighted by atomic mass is 16.2. The minimum Gasteiger partial charge on any atom is -0.338 e. The van der Waals surface area contributed by atoms with E-state index >= 15 is 0 Å². The fourth-order valence-electron chi connectivity index (χ4n) is 4.09. The average Bonchev–Trinajstić information content (AvgIpc) is 3.33. The summed E-state index contributed by atoms with van der Waals surface area (Å²) in [6.45, 7) is 7.11. The van der Waals surface area contributed by atoms with E-state index in [1.54, 1.807) is 0 Å². The van der Waals surface area contributed by atoms with Gasteiger partial charge in [0.15, 0.2) is 0 Å². The lowest BCUT2D eigenvalue weighted by Gasteiger charge is -2.34. The lowest BCUT2D eigenvalue weighted by Crippen LogP contribution is -2.41. The van der Waals surface area contributed by atoms with Gasteiger partial charge in [0.2, 0.25) is 0 Å². The van der Waals surface area contributed by atoms with Gasteiger partial charge in [0.25, 0.3) is 0 Å². The molecule has 0 aromatic carbocycles. The number of pyridine rings is 1. The van der Waals surface area contributed by atoms with Gasteiger partial charge in [-0.15, -0.1) is 0 Å². The first-order chi connectivity index (χ1) is 13.2. The van der Waals surface area contributed by atoms with E-state index in [4.69, 9.17) is 0 Å². The molecule has 2 aromatic rings. The Bertz CT molecular complexity index is 782. The quantitative estimate of drug-likeness (QED) is 0.880. The molecule has 1 N–H and O–H groups in total. The molecule has 27 heavy (non-hydrogen) atoms. The molecule has 2 aliphatic rings. The Balaban J connectivity index is 1.36. The van der Waals surface area contributed by atoms with E-state index in [-0.39, 0.29) is 12.1 Å². The van der Waals surface area contributed by atoms with E-state index < -0.39 is 0 Å². The van der Waals surface area contributed by atoms with Crippen LogP contribution >= 0.6 is 0 Å². The first-order valence-electron chi connectivity index (χ1n) is 9.89. The molecular formula is C20H28N6O. The molecule has 4 rings (SSSR count). The first-order valence-corrected chi connectivity index (χ1v) is 9.89. The zero-order valence-corrected chi connectivity index (χ0v) is 16.0. The van der Waals surface area contributed by atoms with Gasteiger partial charge in [0, 0.05) is 51.2 Å². The SMILES string of the molecule is Cc1cccc(CN2Cc3ccnn3C(CCNC(=O)N3CCCC3)C2)n1. The maximum atomic E-state index is 12.2. The third kappa shape index (κ3) is 4.30. The molecule has 7 nitrogen and oxygen atoms in total. The molecule has 0 spiro atoms. The molecular weight excluding hydrogens is 340 g/mol. The van der Waals surface area contributed by atoms with Gasteiger partial charge in [-0.1, -0.05) is 6.07 Å². The van der Waals surface area contributed by atoms with Crippen molar-refractivity contribution in [2.75, 3.05) is 26.2 Å². The Hall–Kier alpha value is -2.41. The van der Waals surface area contributed by atoms with Gasteiger partial charge in [0.05, 0.1) is 17.4 Å². The van der Waals surface area contributed by atoms with Crippen molar-refractivity contribution in [1.29, 1.82) is 0 Å². The van der Waals surface area contributed by atoms with Crippen LogP contribution in [0.15, 0.2) is 30.5 Å². The van der Waals surface area contributed by atoms with Gasteiger partial charge >= 0.3 is 6.03 Å². The van der Waals surface area contributed by atoms with Crippen molar-refractivity contribution in [2.45, 2.75) is 45.3 Å². The molecule has 1 atom stereocenters. The number of fused-ring (bicyclic) bond motifs is 1. The highest BCUT2D eigenvalue weighted by molar-refractivity contribution is 5.74. The van der Waals surface area contributed by atoms with Crippen molar-refractivity contribution in [2.24, 2.45) is 0 Å². The summed E-state index contributed by atoms with van der Waals surface area (Å²) in [5, 5.41) is 7.60. The number of nitrogens with zero attached hydrogens (tertiary/aromatic N) is 5. The van der Waals surface area contributed by atoms with Crippen molar-refractivity contribution in [3.8, 4) is 0 Å². The van der Waals surface area contributed by atoms with Crippen molar-refractivity contribution in [1.82, 2.24) is 29.9 Å². The summed E-state index contributed by atoms with van der Waals surface area (Å²) in [6.07, 6.45) is 4.99. The number of amides is 2. The molecule has 1 fully saturated rings. The summed E-state index contributed by atoms with van der Waals surface area (Å²) >= 11 is 0. The van der Waals surface area contributed by atoms with E-state index in [1.165, 1.54) is 5.69 Å². The van der Waals surface area contributed by atoms with Crippen LogP contribution in [0.1, 0.15) is 42.4 Å². The van der Waals surface area contributed by atoms with E-state index in [0.717, 1.165) is 63.4 Å². The lowest BCUT2D eigenvalue weighted by atomic mass is 10.1. The molecule has 7 heteroatoms. The van der Waals surface area contributed by atoms with Gasteiger partial charge < -0.3 is 10.2 Å². The van der Waals surface area contributed by atoms with Crippen molar-refractivity contribution >= 4 is 6.03 Å². The molecule has 0 radical (unpaired) electrons. The second-order valence-corrected chi connectivity index (χ2v) is 7.58. The van der Waals surface area contributed by atoms with Gasteiger partial charge in [-0.3, -0.25) is 14.6 Å². The second-order valence-electron chi connectivity index (χ2n) is 7.58. The monoisotopic (exact) mass is 368 g/mol. The smallest absolute Gasteiger partial charge is 0.317 e. The first kappa shape index (κ1) is 18.0. The third-order valence-corrected chi connectivity index (χ3v) is 5.43. The van der Waals surface area contributed by atoms with Crippen LogP contribution in [0.25, 0.3) is 0 Å². The Morgan fingerprint density at radius 3 is 2.93 bits per heavy atom. The van der Waals surface area contributed by atoms with Gasteiger partial charge in [-0.25, -0.2) is 4.79 Å². The normalized spacial score (nSPS) is 19.9. The lowest BCUT2D eigenvalue weighted by molar-refractivity contribution is 0.158. The molecule has 0 aliphatic carbocycles. The fraction of sp³-hybridized carbons (Fsp3) is 0.550. The number of aryl methyl sites for hydroxylation is 1. The van der Waals surface area contributed by atoms with Crippen molar-refractivity contribution in [3.63, 3.8) is 0 Å². The van der Waals surface area contributed by atoms with Crippen LogP contribution in [0.4, 0.5) is 4.79 Å². The number of likely N-dealkylation sites (tertiary alicyclic amines) is 1. The minimum absolute atomic E-state index is 0.0739. The molecule has 0 saturated carbocycles. The Labute approximate surface area is 160 Å². The standard InChI is InChI=1S/C20H28N6O/c1-16-5-4-6-17(23-16)13-24-14-18(26-19(15-24)8-10-22-26)7-9-21-20(27)25-11-2-3-12-25/h4-6,8,10,18H,2-3,7,9,11-15H2,1H3,(H,21,27). The third-order valence-electron chi connectivity index (χ3n) is 5.43. The summed E-state index contributed by atoms with van der Waals surface area (Å²) in [6, 6.07) is 8.62. The predicted molar refractivity (Wildman–Crippen MR) is 103 cm³/mol. The number of urea groups is 1. The second kappa shape index (κ2) is 8.08. The molecule has 2 aliphatic heterocycles. The Morgan fingerprint density at radius 1 is 1.26 bits per heavy atom.